The topological polar surface area (TPSA) is 51.2 Å². The molecule has 1 spiro atoms. The first-order chi connectivity index (χ1) is 12.3. The number of piperidine rings is 1. The third-order valence-electron chi connectivity index (χ3n) is 5.46. The van der Waals surface area contributed by atoms with Gasteiger partial charge in [-0.25, -0.2) is 9.86 Å². The molecule has 144 valence electrons. The van der Waals surface area contributed by atoms with Crippen molar-refractivity contribution in [2.24, 2.45) is 0 Å². The van der Waals surface area contributed by atoms with Gasteiger partial charge in [-0.1, -0.05) is 0 Å². The highest BCUT2D eigenvalue weighted by Gasteiger charge is 2.53. The van der Waals surface area contributed by atoms with E-state index < -0.39 is 5.60 Å². The molecule has 0 aromatic heterocycles. The molecule has 1 unspecified atom stereocenters. The van der Waals surface area contributed by atoms with Gasteiger partial charge in [0.15, 0.2) is 5.60 Å². The van der Waals surface area contributed by atoms with Crippen molar-refractivity contribution in [3.05, 3.63) is 24.3 Å². The molecule has 6 nitrogen and oxygen atoms in total. The Kier molecular flexibility index (Phi) is 5.17. The van der Waals surface area contributed by atoms with Crippen LogP contribution >= 0.6 is 0 Å². The molecule has 2 fully saturated rings. The van der Waals surface area contributed by atoms with Gasteiger partial charge >= 0.3 is 5.97 Å². The molecular weight excluding hydrogens is 332 g/mol. The number of likely N-dealkylation sites (tertiary alicyclic amines) is 1. The molecular formula is C20H30N2O4. The van der Waals surface area contributed by atoms with E-state index >= 15 is 0 Å². The number of nitrogens with zero attached hydrogens (tertiary/aromatic N) is 2. The van der Waals surface area contributed by atoms with Gasteiger partial charge in [-0.3, -0.25) is 4.84 Å². The Labute approximate surface area is 156 Å². The average Bonchev–Trinajstić information content (AvgIpc) is 2.61. The second kappa shape index (κ2) is 7.08. The first-order valence-electron chi connectivity index (χ1n) is 9.40. The van der Waals surface area contributed by atoms with Gasteiger partial charge in [-0.15, -0.1) is 0 Å². The molecule has 26 heavy (non-hydrogen) atoms. The maximum Gasteiger partial charge on any atom is 0.349 e. The molecule has 1 aromatic rings. The number of hydrogen-bond acceptors (Lipinski definition) is 6. The molecule has 0 N–H and O–H groups in total. The van der Waals surface area contributed by atoms with Crippen molar-refractivity contribution in [3.63, 3.8) is 0 Å². The van der Waals surface area contributed by atoms with E-state index in [0.29, 0.717) is 18.4 Å². The number of ether oxygens (including phenoxy) is 2. The van der Waals surface area contributed by atoms with Crippen molar-refractivity contribution in [1.82, 2.24) is 4.90 Å². The van der Waals surface area contributed by atoms with E-state index in [1.165, 1.54) is 0 Å². The lowest BCUT2D eigenvalue weighted by Gasteiger charge is -2.58. The van der Waals surface area contributed by atoms with Crippen LogP contribution in [0.15, 0.2) is 24.3 Å². The highest BCUT2D eigenvalue weighted by Crippen LogP contribution is 2.44. The second-order valence-corrected chi connectivity index (χ2v) is 7.79. The fraction of sp³-hybridized carbons (Fsp3) is 0.650. The third kappa shape index (κ3) is 3.53. The molecule has 0 amide bonds. The fourth-order valence-electron chi connectivity index (χ4n) is 3.60. The van der Waals surface area contributed by atoms with E-state index in [4.69, 9.17) is 14.3 Å². The Morgan fingerprint density at radius 3 is 2.42 bits per heavy atom. The van der Waals surface area contributed by atoms with E-state index in [-0.39, 0.29) is 11.6 Å². The van der Waals surface area contributed by atoms with E-state index in [0.717, 1.165) is 31.6 Å². The Morgan fingerprint density at radius 1 is 1.27 bits per heavy atom. The van der Waals surface area contributed by atoms with Crippen molar-refractivity contribution in [1.29, 1.82) is 0 Å². The van der Waals surface area contributed by atoms with Gasteiger partial charge in [0.05, 0.1) is 18.3 Å². The lowest BCUT2D eigenvalue weighted by atomic mass is 9.82. The summed E-state index contributed by atoms with van der Waals surface area (Å²) in [4.78, 5) is 20.5. The summed E-state index contributed by atoms with van der Waals surface area (Å²) in [5.41, 5.74) is -0.0348. The summed E-state index contributed by atoms with van der Waals surface area (Å²) in [5, 5.41) is 1.98. The quantitative estimate of drug-likeness (QED) is 0.751. The van der Waals surface area contributed by atoms with Crippen molar-refractivity contribution in [3.8, 4) is 5.75 Å². The third-order valence-corrected chi connectivity index (χ3v) is 5.46. The Hall–Kier alpha value is -1.79. The zero-order valence-corrected chi connectivity index (χ0v) is 16.4. The average molecular weight is 362 g/mol. The first-order valence-corrected chi connectivity index (χ1v) is 9.40. The van der Waals surface area contributed by atoms with Gasteiger partial charge in [-0.2, -0.15) is 0 Å². The van der Waals surface area contributed by atoms with Gasteiger partial charge in [-0.05, 0) is 71.8 Å². The summed E-state index contributed by atoms with van der Waals surface area (Å²) < 4.78 is 10.9. The lowest BCUT2D eigenvalue weighted by Crippen LogP contribution is -2.69. The van der Waals surface area contributed by atoms with Crippen molar-refractivity contribution >= 4 is 11.7 Å². The fourth-order valence-corrected chi connectivity index (χ4v) is 3.60. The van der Waals surface area contributed by atoms with E-state index in [2.05, 4.69) is 18.9 Å². The number of esters is 1. The van der Waals surface area contributed by atoms with Crippen molar-refractivity contribution < 1.29 is 19.1 Å². The minimum atomic E-state index is -1.02. The van der Waals surface area contributed by atoms with Crippen LogP contribution in [0.25, 0.3) is 0 Å². The number of carbonyl (C=O) groups excluding carboxylic acids is 1. The molecule has 2 saturated heterocycles. The number of benzene rings is 1. The van der Waals surface area contributed by atoms with Crippen LogP contribution < -0.4 is 9.80 Å². The minimum Gasteiger partial charge on any atom is -0.476 e. The summed E-state index contributed by atoms with van der Waals surface area (Å²) in [6.45, 7) is 9.93. The van der Waals surface area contributed by atoms with E-state index in [9.17, 15) is 4.79 Å². The van der Waals surface area contributed by atoms with Gasteiger partial charge < -0.3 is 14.4 Å². The maximum absolute atomic E-state index is 12.0. The molecule has 0 bridgehead atoms. The number of carbonyl (C=O) groups is 1. The summed E-state index contributed by atoms with van der Waals surface area (Å²) >= 11 is 0. The normalized spacial score (nSPS) is 22.8. The number of hydrogen-bond donors (Lipinski definition) is 0. The first kappa shape index (κ1) is 19.0. The Balaban J connectivity index is 1.61. The Morgan fingerprint density at radius 2 is 1.88 bits per heavy atom. The second-order valence-electron chi connectivity index (χ2n) is 7.79. The van der Waals surface area contributed by atoms with Crippen LogP contribution in [0.2, 0.25) is 0 Å². The highest BCUT2D eigenvalue weighted by molar-refractivity contribution is 5.79. The van der Waals surface area contributed by atoms with Gasteiger partial charge in [0.25, 0.3) is 0 Å². The summed E-state index contributed by atoms with van der Waals surface area (Å²) in [6, 6.07) is 8.01. The zero-order chi connectivity index (χ0) is 18.9. The lowest BCUT2D eigenvalue weighted by molar-refractivity contribution is -0.205. The molecule has 2 heterocycles. The van der Waals surface area contributed by atoms with Crippen molar-refractivity contribution in [2.45, 2.75) is 57.8 Å². The standard InChI is InChI=1S/C20H30N2O4/c1-6-24-18(23)19(3,4)25-17-9-7-16(8-10-17)22-15(2)20(26-22)11-13-21(5)14-12-20/h7-10,15H,6,11-14H2,1-5H3. The summed E-state index contributed by atoms with van der Waals surface area (Å²) in [5.74, 6) is 0.266. The van der Waals surface area contributed by atoms with Gasteiger partial charge in [0.1, 0.15) is 11.4 Å². The number of rotatable bonds is 5. The molecule has 2 aliphatic heterocycles. The van der Waals surface area contributed by atoms with Crippen LogP contribution in [0.4, 0.5) is 5.69 Å². The van der Waals surface area contributed by atoms with E-state index in [1.54, 1.807) is 20.8 Å². The summed E-state index contributed by atoms with van der Waals surface area (Å²) in [6.07, 6.45) is 2.13. The van der Waals surface area contributed by atoms with Crippen LogP contribution in [0.1, 0.15) is 40.5 Å². The summed E-state index contributed by atoms with van der Waals surface area (Å²) in [7, 11) is 2.16. The van der Waals surface area contributed by atoms with Gasteiger partial charge in [0.2, 0.25) is 0 Å². The van der Waals surface area contributed by atoms with Crippen molar-refractivity contribution in [2.75, 3.05) is 31.8 Å². The predicted octanol–water partition coefficient (Wildman–Crippen LogP) is 3.01. The zero-order valence-electron chi connectivity index (χ0n) is 16.4. The molecule has 0 saturated carbocycles. The number of hydroxylamine groups is 1. The highest BCUT2D eigenvalue weighted by atomic mass is 16.7. The molecule has 6 heteroatoms. The molecule has 0 radical (unpaired) electrons. The van der Waals surface area contributed by atoms with Crippen LogP contribution in [0.3, 0.4) is 0 Å². The maximum atomic E-state index is 12.0. The monoisotopic (exact) mass is 362 g/mol. The van der Waals surface area contributed by atoms with Crippen LogP contribution in [-0.2, 0) is 14.4 Å². The predicted molar refractivity (Wildman–Crippen MR) is 100 cm³/mol. The minimum absolute atomic E-state index is 0.0203. The van der Waals surface area contributed by atoms with Crippen LogP contribution in [0.5, 0.6) is 5.75 Å². The molecule has 3 rings (SSSR count). The number of anilines is 1. The van der Waals surface area contributed by atoms with Gasteiger partial charge in [0, 0.05) is 13.1 Å². The van der Waals surface area contributed by atoms with Crippen LogP contribution in [-0.4, -0.2) is 54.9 Å². The smallest absolute Gasteiger partial charge is 0.349 e. The molecule has 2 aliphatic rings. The molecule has 1 atom stereocenters. The Bertz CT molecular complexity index is 636. The SMILES string of the molecule is CCOC(=O)C(C)(C)Oc1ccc(N2OC3(CCN(C)CC3)C2C)cc1. The molecule has 1 aromatic carbocycles. The molecule has 0 aliphatic carbocycles. The van der Waals surface area contributed by atoms with E-state index in [1.807, 2.05) is 29.3 Å². The van der Waals surface area contributed by atoms with Crippen LogP contribution in [0, 0.1) is 0 Å². The largest absolute Gasteiger partial charge is 0.476 e.